The smallest absolute Gasteiger partial charge is 0.265 e. The number of para-hydroxylation sites is 2. The summed E-state index contributed by atoms with van der Waals surface area (Å²) in [4.78, 5) is 2.37. The summed E-state index contributed by atoms with van der Waals surface area (Å²) in [6.45, 7) is 1.11. The van der Waals surface area contributed by atoms with E-state index in [0.717, 1.165) is 11.4 Å². The van der Waals surface area contributed by atoms with Crippen LogP contribution in [0.15, 0.2) is 57.9 Å². The molecule has 0 saturated heterocycles. The van der Waals surface area contributed by atoms with E-state index in [4.69, 9.17) is 0 Å². The summed E-state index contributed by atoms with van der Waals surface area (Å²) >= 11 is 3.33. The molecule has 4 nitrogen and oxygen atoms in total. The van der Waals surface area contributed by atoms with E-state index in [1.54, 1.807) is 24.3 Å². The highest BCUT2D eigenvalue weighted by Crippen LogP contribution is 2.36. The summed E-state index contributed by atoms with van der Waals surface area (Å²) in [5.74, 6) is 0. The number of benzene rings is 2. The van der Waals surface area contributed by atoms with Gasteiger partial charge in [-0.1, -0.05) is 24.3 Å². The molecule has 0 aromatic heterocycles. The zero-order valence-electron chi connectivity index (χ0n) is 11.5. The largest absolute Gasteiger partial charge is 0.371 e. The Bertz CT molecular complexity index is 777. The average molecular weight is 367 g/mol. The van der Waals surface area contributed by atoms with Gasteiger partial charge < -0.3 is 4.90 Å². The fraction of sp³-hybridized carbons (Fsp3) is 0.200. The van der Waals surface area contributed by atoms with Crippen molar-refractivity contribution in [2.75, 3.05) is 29.3 Å². The topological polar surface area (TPSA) is 40.6 Å². The second-order valence-electron chi connectivity index (χ2n) is 4.92. The van der Waals surface area contributed by atoms with E-state index in [1.807, 2.05) is 31.3 Å². The average Bonchev–Trinajstić information content (AvgIpc) is 2.48. The van der Waals surface area contributed by atoms with Crippen LogP contribution in [0.1, 0.15) is 0 Å². The van der Waals surface area contributed by atoms with Crippen LogP contribution < -0.4 is 9.21 Å². The highest BCUT2D eigenvalue weighted by atomic mass is 79.9. The van der Waals surface area contributed by atoms with Crippen molar-refractivity contribution in [2.45, 2.75) is 4.90 Å². The Morgan fingerprint density at radius 2 is 1.57 bits per heavy atom. The Kier molecular flexibility index (Phi) is 3.67. The first-order valence-corrected chi connectivity index (χ1v) is 8.82. The molecule has 0 amide bonds. The molecule has 1 aliphatic heterocycles. The molecule has 0 spiro atoms. The van der Waals surface area contributed by atoms with Gasteiger partial charge in [0, 0.05) is 18.1 Å². The number of halogens is 1. The molecular formula is C15H15BrN2O2S. The van der Waals surface area contributed by atoms with Crippen LogP contribution in [0.5, 0.6) is 0 Å². The van der Waals surface area contributed by atoms with Crippen LogP contribution in [0.3, 0.4) is 0 Å². The summed E-state index contributed by atoms with van der Waals surface area (Å²) in [6.07, 6.45) is 0. The predicted molar refractivity (Wildman–Crippen MR) is 88.4 cm³/mol. The van der Waals surface area contributed by atoms with Gasteiger partial charge >= 0.3 is 0 Å². The zero-order valence-corrected chi connectivity index (χ0v) is 13.9. The molecule has 6 heteroatoms. The third-order valence-corrected chi connectivity index (χ3v) is 6.43. The summed E-state index contributed by atoms with van der Waals surface area (Å²) in [5, 5.41) is 0. The number of hydrogen-bond acceptors (Lipinski definition) is 3. The molecule has 2 aromatic carbocycles. The fourth-order valence-electron chi connectivity index (χ4n) is 2.50. The molecule has 3 rings (SSSR count). The van der Waals surface area contributed by atoms with Crippen LogP contribution in [0.2, 0.25) is 0 Å². The summed E-state index contributed by atoms with van der Waals surface area (Å²) in [7, 11) is -1.60. The van der Waals surface area contributed by atoms with Crippen LogP contribution in [0, 0.1) is 0 Å². The van der Waals surface area contributed by atoms with E-state index in [0.29, 0.717) is 22.5 Å². The molecule has 21 heavy (non-hydrogen) atoms. The van der Waals surface area contributed by atoms with Crippen molar-refractivity contribution in [2.24, 2.45) is 0 Å². The molecule has 0 unspecified atom stereocenters. The van der Waals surface area contributed by atoms with E-state index in [2.05, 4.69) is 20.8 Å². The number of rotatable bonds is 2. The molecule has 0 fully saturated rings. The molecule has 110 valence electrons. The van der Waals surface area contributed by atoms with Crippen molar-refractivity contribution >= 4 is 37.3 Å². The molecular weight excluding hydrogens is 352 g/mol. The molecule has 1 heterocycles. The molecule has 0 radical (unpaired) electrons. The first-order valence-electron chi connectivity index (χ1n) is 6.59. The van der Waals surface area contributed by atoms with Gasteiger partial charge in [-0.3, -0.25) is 4.31 Å². The van der Waals surface area contributed by atoms with Gasteiger partial charge in [-0.05, 0) is 40.2 Å². The van der Waals surface area contributed by atoms with Crippen LogP contribution in [0.25, 0.3) is 0 Å². The van der Waals surface area contributed by atoms with Gasteiger partial charge in [-0.15, -0.1) is 0 Å². The quantitative estimate of drug-likeness (QED) is 0.819. The lowest BCUT2D eigenvalue weighted by Gasteiger charge is -2.36. The van der Waals surface area contributed by atoms with E-state index >= 15 is 0 Å². The summed E-state index contributed by atoms with van der Waals surface area (Å²) in [6, 6.07) is 14.5. The number of anilines is 2. The maximum Gasteiger partial charge on any atom is 0.265 e. The first-order chi connectivity index (χ1) is 10.0. The van der Waals surface area contributed by atoms with E-state index < -0.39 is 10.0 Å². The van der Waals surface area contributed by atoms with Gasteiger partial charge in [0.2, 0.25) is 0 Å². The summed E-state index contributed by atoms with van der Waals surface area (Å²) < 4.78 is 28.0. The van der Waals surface area contributed by atoms with Crippen LogP contribution in [-0.4, -0.2) is 28.6 Å². The highest BCUT2D eigenvalue weighted by molar-refractivity contribution is 9.10. The Morgan fingerprint density at radius 1 is 0.952 bits per heavy atom. The molecule has 0 N–H and O–H groups in total. The predicted octanol–water partition coefficient (Wildman–Crippen LogP) is 3.09. The van der Waals surface area contributed by atoms with Gasteiger partial charge in [-0.25, -0.2) is 8.42 Å². The monoisotopic (exact) mass is 366 g/mol. The van der Waals surface area contributed by atoms with Gasteiger partial charge in [0.25, 0.3) is 10.0 Å². The van der Waals surface area contributed by atoms with Crippen LogP contribution in [0.4, 0.5) is 11.4 Å². The van der Waals surface area contributed by atoms with Crippen LogP contribution in [-0.2, 0) is 10.0 Å². The minimum absolute atomic E-state index is 0.296. The highest BCUT2D eigenvalue weighted by Gasteiger charge is 2.31. The van der Waals surface area contributed by atoms with Crippen molar-refractivity contribution in [3.8, 4) is 0 Å². The zero-order chi connectivity index (χ0) is 15.0. The lowest BCUT2D eigenvalue weighted by atomic mass is 10.2. The number of sulfonamides is 1. The second kappa shape index (κ2) is 5.35. The van der Waals surface area contributed by atoms with E-state index in [9.17, 15) is 8.42 Å². The fourth-order valence-corrected chi connectivity index (χ4v) is 4.94. The molecule has 1 aliphatic rings. The van der Waals surface area contributed by atoms with Gasteiger partial charge in [0.05, 0.1) is 17.9 Å². The SMILES string of the molecule is CN1CCN(S(=O)(=O)c2ccccc2Br)c2ccccc21. The molecule has 0 atom stereocenters. The Hall–Kier alpha value is -1.53. The maximum atomic E-state index is 13.0. The molecule has 0 bridgehead atoms. The second-order valence-corrected chi connectivity index (χ2v) is 7.60. The van der Waals surface area contributed by atoms with Crippen molar-refractivity contribution in [1.82, 2.24) is 0 Å². The number of fused-ring (bicyclic) bond motifs is 1. The standard InChI is InChI=1S/C15H15BrN2O2S/c1-17-10-11-18(14-8-4-3-7-13(14)17)21(19,20)15-9-5-2-6-12(15)16/h2-9H,10-11H2,1H3. The van der Waals surface area contributed by atoms with Crippen molar-refractivity contribution < 1.29 is 8.42 Å². The third kappa shape index (κ3) is 2.42. The number of likely N-dealkylation sites (N-methyl/N-ethyl adjacent to an activating group) is 1. The van der Waals surface area contributed by atoms with Crippen molar-refractivity contribution in [1.29, 1.82) is 0 Å². The lowest BCUT2D eigenvalue weighted by molar-refractivity contribution is 0.588. The van der Waals surface area contributed by atoms with Gasteiger partial charge in [0.1, 0.15) is 4.90 Å². The number of hydrogen-bond donors (Lipinski definition) is 0. The van der Waals surface area contributed by atoms with Gasteiger partial charge in [0.15, 0.2) is 0 Å². The normalized spacial score (nSPS) is 15.0. The Labute approximate surface area is 133 Å². The Balaban J connectivity index is 2.14. The molecule has 0 saturated carbocycles. The maximum absolute atomic E-state index is 13.0. The van der Waals surface area contributed by atoms with E-state index in [1.165, 1.54) is 4.31 Å². The first kappa shape index (κ1) is 14.4. The van der Waals surface area contributed by atoms with E-state index in [-0.39, 0.29) is 0 Å². The molecule has 0 aliphatic carbocycles. The number of nitrogens with zero attached hydrogens (tertiary/aromatic N) is 2. The third-order valence-electron chi connectivity index (χ3n) is 3.60. The van der Waals surface area contributed by atoms with Gasteiger partial charge in [-0.2, -0.15) is 0 Å². The lowest BCUT2D eigenvalue weighted by Crippen LogP contribution is -2.42. The minimum Gasteiger partial charge on any atom is -0.371 e. The van der Waals surface area contributed by atoms with Crippen molar-refractivity contribution in [3.05, 3.63) is 53.0 Å². The minimum atomic E-state index is -3.57. The van der Waals surface area contributed by atoms with Crippen molar-refractivity contribution in [3.63, 3.8) is 0 Å². The summed E-state index contributed by atoms with van der Waals surface area (Å²) in [5.41, 5.74) is 1.65. The van der Waals surface area contributed by atoms with Crippen LogP contribution >= 0.6 is 15.9 Å². The Morgan fingerprint density at radius 3 is 2.29 bits per heavy atom. The molecule has 2 aromatic rings.